The van der Waals surface area contributed by atoms with Crippen LogP contribution in [0.5, 0.6) is 0 Å². The van der Waals surface area contributed by atoms with E-state index in [-0.39, 0.29) is 11.5 Å². The van der Waals surface area contributed by atoms with E-state index in [0.717, 1.165) is 22.4 Å². The third kappa shape index (κ3) is 3.91. The number of rotatable bonds is 4. The minimum Gasteiger partial charge on any atom is -0.397 e. The fourth-order valence-electron chi connectivity index (χ4n) is 3.03. The minimum atomic E-state index is -0.423. The molecule has 0 aliphatic heterocycles. The van der Waals surface area contributed by atoms with E-state index in [1.807, 2.05) is 38.1 Å². The number of nitrogen functional groups attached to an aromatic ring is 1. The van der Waals surface area contributed by atoms with Crippen LogP contribution in [0, 0.1) is 19.7 Å². The Balaban J connectivity index is 1.57. The lowest BCUT2D eigenvalue weighted by molar-refractivity contribution is 0.102. The fraction of sp³-hybridized carbons (Fsp3) is 0.0870. The average Bonchev–Trinajstić information content (AvgIpc) is 3.23. The molecule has 30 heavy (non-hydrogen) atoms. The summed E-state index contributed by atoms with van der Waals surface area (Å²) < 4.78 is 14.7. The number of hydrogen-bond acceptors (Lipinski definition) is 4. The molecule has 0 aliphatic carbocycles. The zero-order chi connectivity index (χ0) is 21.3. The van der Waals surface area contributed by atoms with Gasteiger partial charge in [0.2, 0.25) is 0 Å². The summed E-state index contributed by atoms with van der Waals surface area (Å²) in [7, 11) is 0. The zero-order valence-corrected chi connectivity index (χ0v) is 16.6. The van der Waals surface area contributed by atoms with E-state index >= 15 is 0 Å². The normalized spacial score (nSPS) is 10.8. The third-order valence-electron chi connectivity index (χ3n) is 4.96. The van der Waals surface area contributed by atoms with E-state index in [2.05, 4.69) is 15.6 Å². The van der Waals surface area contributed by atoms with E-state index in [9.17, 15) is 9.18 Å². The molecule has 4 rings (SSSR count). The molecule has 0 spiro atoms. The number of benzene rings is 3. The summed E-state index contributed by atoms with van der Waals surface area (Å²) in [5.41, 5.74) is 11.8. The van der Waals surface area contributed by atoms with Gasteiger partial charge >= 0.3 is 0 Å². The van der Waals surface area contributed by atoms with Crippen molar-refractivity contribution in [3.05, 3.63) is 89.5 Å². The monoisotopic (exact) mass is 401 g/mol. The van der Waals surface area contributed by atoms with E-state index in [1.165, 1.54) is 17.7 Å². The van der Waals surface area contributed by atoms with Crippen LogP contribution in [0.2, 0.25) is 0 Å². The van der Waals surface area contributed by atoms with Gasteiger partial charge in [-0.3, -0.25) is 4.79 Å². The predicted molar refractivity (Wildman–Crippen MR) is 115 cm³/mol. The number of carbonyl (C=O) groups is 1. The summed E-state index contributed by atoms with van der Waals surface area (Å²) >= 11 is 0. The van der Waals surface area contributed by atoms with E-state index in [0.29, 0.717) is 11.4 Å². The molecule has 1 amide bonds. The van der Waals surface area contributed by atoms with Gasteiger partial charge in [-0.1, -0.05) is 29.5 Å². The van der Waals surface area contributed by atoms with Crippen molar-refractivity contribution in [2.45, 2.75) is 13.8 Å². The topological polar surface area (TPSA) is 85.8 Å². The smallest absolute Gasteiger partial charge is 0.277 e. The van der Waals surface area contributed by atoms with Gasteiger partial charge in [0.1, 0.15) is 5.82 Å². The first-order chi connectivity index (χ1) is 14.4. The van der Waals surface area contributed by atoms with Gasteiger partial charge in [0.05, 0.1) is 23.3 Å². The van der Waals surface area contributed by atoms with Gasteiger partial charge in [0, 0.05) is 0 Å². The fourth-order valence-corrected chi connectivity index (χ4v) is 3.03. The second-order valence-corrected chi connectivity index (χ2v) is 7.08. The number of nitrogens with two attached hydrogens (primary N) is 1. The van der Waals surface area contributed by atoms with Gasteiger partial charge in [-0.15, -0.1) is 5.10 Å². The molecule has 0 radical (unpaired) electrons. The van der Waals surface area contributed by atoms with Crippen molar-refractivity contribution in [2.24, 2.45) is 0 Å². The van der Waals surface area contributed by atoms with Crippen LogP contribution in [-0.4, -0.2) is 20.9 Å². The van der Waals surface area contributed by atoms with Crippen LogP contribution < -0.4 is 11.1 Å². The summed E-state index contributed by atoms with van der Waals surface area (Å²) in [6, 6.07) is 17.3. The highest BCUT2D eigenvalue weighted by Crippen LogP contribution is 2.28. The third-order valence-corrected chi connectivity index (χ3v) is 4.96. The van der Waals surface area contributed by atoms with Crippen LogP contribution in [0.4, 0.5) is 15.8 Å². The minimum absolute atomic E-state index is 0.166. The number of aromatic nitrogens is 3. The number of aryl methyl sites for hydroxylation is 2. The number of nitrogens with one attached hydrogen (secondary N) is 1. The Bertz CT molecular complexity index is 1230. The first-order valence-corrected chi connectivity index (χ1v) is 9.37. The summed E-state index contributed by atoms with van der Waals surface area (Å²) in [5, 5.41) is 10.8. The SMILES string of the molecule is Cc1ccc(-n2cc(C(=O)Nc3cc(-c4ccc(F)cc4)ccc3N)nn2)cc1C. The van der Waals surface area contributed by atoms with Crippen LogP contribution in [0.15, 0.2) is 66.9 Å². The summed E-state index contributed by atoms with van der Waals surface area (Å²) in [5.74, 6) is -0.734. The van der Waals surface area contributed by atoms with Crippen LogP contribution in [0.1, 0.15) is 21.6 Å². The molecule has 0 unspecified atom stereocenters. The standard InChI is InChI=1S/C23H20FN5O/c1-14-3-9-19(11-15(14)2)29-13-22(27-28-29)23(30)26-21-12-17(6-10-20(21)25)16-4-7-18(24)8-5-16/h3-13H,25H2,1-2H3,(H,26,30). The van der Waals surface area contributed by atoms with Crippen LogP contribution in [0.3, 0.4) is 0 Å². The molecule has 1 aromatic heterocycles. The van der Waals surface area contributed by atoms with E-state index < -0.39 is 5.91 Å². The Morgan fingerprint density at radius 2 is 1.70 bits per heavy atom. The van der Waals surface area contributed by atoms with Gasteiger partial charge in [0.25, 0.3) is 5.91 Å². The number of amides is 1. The predicted octanol–water partition coefficient (Wildman–Crippen LogP) is 4.52. The number of hydrogen-bond donors (Lipinski definition) is 2. The molecule has 7 heteroatoms. The zero-order valence-electron chi connectivity index (χ0n) is 16.6. The van der Waals surface area contributed by atoms with Crippen molar-refractivity contribution in [2.75, 3.05) is 11.1 Å². The lowest BCUT2D eigenvalue weighted by Gasteiger charge is -2.10. The van der Waals surface area contributed by atoms with Crippen molar-refractivity contribution < 1.29 is 9.18 Å². The number of nitrogens with zero attached hydrogens (tertiary/aromatic N) is 3. The van der Waals surface area contributed by atoms with Crippen LogP contribution >= 0.6 is 0 Å². The largest absolute Gasteiger partial charge is 0.397 e. The summed E-state index contributed by atoms with van der Waals surface area (Å²) in [4.78, 5) is 12.7. The molecule has 3 aromatic carbocycles. The second-order valence-electron chi connectivity index (χ2n) is 7.08. The molecular weight excluding hydrogens is 381 g/mol. The molecule has 0 saturated heterocycles. The van der Waals surface area contributed by atoms with Gasteiger partial charge in [-0.2, -0.15) is 0 Å². The lowest BCUT2D eigenvalue weighted by atomic mass is 10.0. The molecule has 3 N–H and O–H groups in total. The quantitative estimate of drug-likeness (QED) is 0.492. The van der Waals surface area contributed by atoms with Crippen molar-refractivity contribution in [3.8, 4) is 16.8 Å². The van der Waals surface area contributed by atoms with Gasteiger partial charge in [0.15, 0.2) is 5.69 Å². The second kappa shape index (κ2) is 7.79. The lowest BCUT2D eigenvalue weighted by Crippen LogP contribution is -2.13. The molecule has 0 aliphatic rings. The first-order valence-electron chi connectivity index (χ1n) is 9.37. The molecule has 0 bridgehead atoms. The van der Waals surface area contributed by atoms with Crippen molar-refractivity contribution >= 4 is 17.3 Å². The number of anilines is 2. The van der Waals surface area contributed by atoms with Gasteiger partial charge in [-0.25, -0.2) is 9.07 Å². The van der Waals surface area contributed by atoms with Crippen molar-refractivity contribution in [3.63, 3.8) is 0 Å². The van der Waals surface area contributed by atoms with E-state index in [1.54, 1.807) is 35.1 Å². The average molecular weight is 401 g/mol. The van der Waals surface area contributed by atoms with Crippen LogP contribution in [-0.2, 0) is 0 Å². The van der Waals surface area contributed by atoms with E-state index in [4.69, 9.17) is 5.73 Å². The molecule has 150 valence electrons. The highest BCUT2D eigenvalue weighted by atomic mass is 19.1. The molecule has 0 fully saturated rings. The van der Waals surface area contributed by atoms with Gasteiger partial charge < -0.3 is 11.1 Å². The molecule has 6 nitrogen and oxygen atoms in total. The highest BCUT2D eigenvalue weighted by Gasteiger charge is 2.14. The Morgan fingerprint density at radius 3 is 2.43 bits per heavy atom. The molecular formula is C23H20FN5O. The highest BCUT2D eigenvalue weighted by molar-refractivity contribution is 6.04. The Labute approximate surface area is 173 Å². The molecule has 1 heterocycles. The maximum absolute atomic E-state index is 13.2. The Kier molecular flexibility index (Phi) is 5.02. The Morgan fingerprint density at radius 1 is 0.967 bits per heavy atom. The molecule has 4 aromatic rings. The molecule has 0 saturated carbocycles. The first kappa shape index (κ1) is 19.3. The summed E-state index contributed by atoms with van der Waals surface area (Å²) in [6.45, 7) is 4.05. The van der Waals surface area contributed by atoms with Crippen molar-refractivity contribution in [1.29, 1.82) is 0 Å². The maximum atomic E-state index is 13.2. The Hall–Kier alpha value is -4.00. The number of carbonyl (C=O) groups excluding carboxylic acids is 1. The van der Waals surface area contributed by atoms with Gasteiger partial charge in [-0.05, 0) is 72.5 Å². The maximum Gasteiger partial charge on any atom is 0.277 e. The summed E-state index contributed by atoms with van der Waals surface area (Å²) in [6.07, 6.45) is 1.57. The van der Waals surface area contributed by atoms with Crippen molar-refractivity contribution in [1.82, 2.24) is 15.0 Å². The van der Waals surface area contributed by atoms with Crippen LogP contribution in [0.25, 0.3) is 16.8 Å². The molecule has 0 atom stereocenters. The number of halogens is 1.